The normalized spacial score (nSPS) is 24.5. The average molecular weight is 412 g/mol. The molecule has 22 heavy (non-hydrogen) atoms. The number of alkyl halides is 1. The Labute approximate surface area is 148 Å². The molecule has 0 saturated carbocycles. The van der Waals surface area contributed by atoms with E-state index in [1.807, 2.05) is 6.92 Å². The van der Waals surface area contributed by atoms with Crippen molar-refractivity contribution in [1.82, 2.24) is 0 Å². The first kappa shape index (κ1) is 18.0. The van der Waals surface area contributed by atoms with E-state index in [0.717, 1.165) is 12.8 Å². The Kier molecular flexibility index (Phi) is 6.53. The summed E-state index contributed by atoms with van der Waals surface area (Å²) in [7, 11) is 0. The van der Waals surface area contributed by atoms with Crippen LogP contribution >= 0.6 is 39.1 Å². The molecule has 2 atom stereocenters. The molecule has 0 bridgehead atoms. The SMILES string of the molecule is CCCCOC(=O)[C@@H]1CO[C@@](CBr)(c2ccc(Cl)cc2Cl)O1. The van der Waals surface area contributed by atoms with E-state index >= 15 is 0 Å². The number of rotatable bonds is 6. The third-order valence-corrected chi connectivity index (χ3v) is 4.61. The molecule has 122 valence electrons. The summed E-state index contributed by atoms with van der Waals surface area (Å²) in [6.07, 6.45) is 1.02. The van der Waals surface area contributed by atoms with Crippen molar-refractivity contribution in [3.05, 3.63) is 33.8 Å². The number of ether oxygens (including phenoxy) is 3. The van der Waals surface area contributed by atoms with Gasteiger partial charge in [-0.1, -0.05) is 58.5 Å². The number of hydrogen-bond acceptors (Lipinski definition) is 4. The summed E-state index contributed by atoms with van der Waals surface area (Å²) in [4.78, 5) is 12.0. The monoisotopic (exact) mass is 410 g/mol. The first-order valence-electron chi connectivity index (χ1n) is 7.02. The Hall–Kier alpha value is -0.330. The van der Waals surface area contributed by atoms with E-state index in [0.29, 0.717) is 27.5 Å². The fourth-order valence-electron chi connectivity index (χ4n) is 2.12. The van der Waals surface area contributed by atoms with Crippen molar-refractivity contribution in [2.75, 3.05) is 18.5 Å². The van der Waals surface area contributed by atoms with Gasteiger partial charge in [-0.05, 0) is 18.6 Å². The molecule has 0 unspecified atom stereocenters. The Bertz CT molecular complexity index is 540. The topological polar surface area (TPSA) is 44.8 Å². The van der Waals surface area contributed by atoms with Crippen LogP contribution in [0, 0.1) is 0 Å². The van der Waals surface area contributed by atoms with Gasteiger partial charge in [-0.3, -0.25) is 0 Å². The number of unbranched alkanes of at least 4 members (excludes halogenated alkanes) is 1. The predicted molar refractivity (Wildman–Crippen MR) is 88.6 cm³/mol. The van der Waals surface area contributed by atoms with Gasteiger partial charge in [0.15, 0.2) is 6.10 Å². The average Bonchev–Trinajstić information content (AvgIpc) is 2.93. The zero-order valence-corrected chi connectivity index (χ0v) is 15.2. The lowest BCUT2D eigenvalue weighted by Gasteiger charge is -2.27. The third kappa shape index (κ3) is 3.95. The highest BCUT2D eigenvalue weighted by Crippen LogP contribution is 2.40. The molecule has 1 aromatic rings. The van der Waals surface area contributed by atoms with Gasteiger partial charge in [0.05, 0.1) is 23.6 Å². The summed E-state index contributed by atoms with van der Waals surface area (Å²) in [6.45, 7) is 2.54. The molecule has 0 N–H and O–H groups in total. The second kappa shape index (κ2) is 7.97. The highest BCUT2D eigenvalue weighted by atomic mass is 79.9. The van der Waals surface area contributed by atoms with E-state index in [4.69, 9.17) is 37.4 Å². The minimum absolute atomic E-state index is 0.121. The Morgan fingerprint density at radius 3 is 2.91 bits per heavy atom. The van der Waals surface area contributed by atoms with E-state index in [2.05, 4.69) is 15.9 Å². The van der Waals surface area contributed by atoms with Gasteiger partial charge in [-0.25, -0.2) is 4.79 Å². The van der Waals surface area contributed by atoms with Crippen LogP contribution in [0.4, 0.5) is 0 Å². The predicted octanol–water partition coefficient (Wildman–Crippen LogP) is 4.30. The molecular formula is C15H17BrCl2O4. The number of carbonyl (C=O) groups excluding carboxylic acids is 1. The molecule has 1 aromatic carbocycles. The van der Waals surface area contributed by atoms with Crippen molar-refractivity contribution in [1.29, 1.82) is 0 Å². The molecule has 4 nitrogen and oxygen atoms in total. The molecule has 1 saturated heterocycles. The molecule has 1 aliphatic heterocycles. The molecule has 0 aromatic heterocycles. The smallest absolute Gasteiger partial charge is 0.337 e. The van der Waals surface area contributed by atoms with Crippen LogP contribution in [0.15, 0.2) is 18.2 Å². The zero-order valence-electron chi connectivity index (χ0n) is 12.1. The van der Waals surface area contributed by atoms with E-state index in [9.17, 15) is 4.79 Å². The summed E-state index contributed by atoms with van der Waals surface area (Å²) in [6, 6.07) is 5.05. The minimum Gasteiger partial charge on any atom is -0.464 e. The van der Waals surface area contributed by atoms with Crippen LogP contribution in [0.5, 0.6) is 0 Å². The molecular weight excluding hydrogens is 395 g/mol. The maximum absolute atomic E-state index is 12.0. The fraction of sp³-hybridized carbons (Fsp3) is 0.533. The summed E-state index contributed by atoms with van der Waals surface area (Å²) in [5.74, 6) is -1.53. The van der Waals surface area contributed by atoms with Gasteiger partial charge >= 0.3 is 5.97 Å². The van der Waals surface area contributed by atoms with Crippen LogP contribution in [-0.2, 0) is 24.8 Å². The van der Waals surface area contributed by atoms with Crippen LogP contribution in [-0.4, -0.2) is 30.6 Å². The van der Waals surface area contributed by atoms with Crippen LogP contribution in [0.1, 0.15) is 25.3 Å². The second-order valence-electron chi connectivity index (χ2n) is 4.95. The van der Waals surface area contributed by atoms with Crippen LogP contribution in [0.3, 0.4) is 0 Å². The Morgan fingerprint density at radius 1 is 1.50 bits per heavy atom. The Balaban J connectivity index is 2.11. The van der Waals surface area contributed by atoms with Gasteiger partial charge in [0.2, 0.25) is 5.79 Å². The lowest BCUT2D eigenvalue weighted by Crippen LogP contribution is -2.33. The van der Waals surface area contributed by atoms with Crippen molar-refractivity contribution in [3.63, 3.8) is 0 Å². The lowest BCUT2D eigenvalue weighted by atomic mass is 10.1. The van der Waals surface area contributed by atoms with Crippen molar-refractivity contribution in [3.8, 4) is 0 Å². The third-order valence-electron chi connectivity index (χ3n) is 3.32. The van der Waals surface area contributed by atoms with Crippen LogP contribution in [0.25, 0.3) is 0 Å². The van der Waals surface area contributed by atoms with Crippen LogP contribution in [0.2, 0.25) is 10.0 Å². The van der Waals surface area contributed by atoms with Crippen molar-refractivity contribution < 1.29 is 19.0 Å². The minimum atomic E-state index is -1.11. The van der Waals surface area contributed by atoms with Gasteiger partial charge in [0.1, 0.15) is 0 Å². The highest BCUT2D eigenvalue weighted by molar-refractivity contribution is 9.09. The largest absolute Gasteiger partial charge is 0.464 e. The molecule has 7 heteroatoms. The quantitative estimate of drug-likeness (QED) is 0.397. The van der Waals surface area contributed by atoms with Crippen molar-refractivity contribution in [2.45, 2.75) is 31.7 Å². The lowest BCUT2D eigenvalue weighted by molar-refractivity contribution is -0.177. The van der Waals surface area contributed by atoms with E-state index in [1.165, 1.54) is 0 Å². The van der Waals surface area contributed by atoms with Crippen LogP contribution < -0.4 is 0 Å². The first-order valence-corrected chi connectivity index (χ1v) is 8.90. The zero-order chi connectivity index (χ0) is 16.2. The summed E-state index contributed by atoms with van der Waals surface area (Å²) >= 11 is 15.5. The maximum atomic E-state index is 12.0. The van der Waals surface area contributed by atoms with Gasteiger partial charge in [-0.15, -0.1) is 0 Å². The number of benzene rings is 1. The molecule has 0 amide bonds. The van der Waals surface area contributed by atoms with Crippen molar-refractivity contribution in [2.24, 2.45) is 0 Å². The van der Waals surface area contributed by atoms with Gasteiger partial charge < -0.3 is 14.2 Å². The maximum Gasteiger partial charge on any atom is 0.337 e. The van der Waals surface area contributed by atoms with Crippen molar-refractivity contribution >= 4 is 45.1 Å². The second-order valence-corrected chi connectivity index (χ2v) is 6.35. The molecule has 1 fully saturated rings. The first-order chi connectivity index (χ1) is 10.5. The van der Waals surface area contributed by atoms with Gasteiger partial charge in [0.25, 0.3) is 0 Å². The highest BCUT2D eigenvalue weighted by Gasteiger charge is 2.46. The van der Waals surface area contributed by atoms with Gasteiger partial charge in [0, 0.05) is 10.6 Å². The van der Waals surface area contributed by atoms with E-state index in [1.54, 1.807) is 18.2 Å². The molecule has 1 aliphatic rings. The number of carbonyl (C=O) groups is 1. The molecule has 0 spiro atoms. The molecule has 0 radical (unpaired) electrons. The Morgan fingerprint density at radius 2 is 2.27 bits per heavy atom. The molecule has 0 aliphatic carbocycles. The molecule has 1 heterocycles. The van der Waals surface area contributed by atoms with E-state index < -0.39 is 17.9 Å². The number of hydrogen-bond donors (Lipinski definition) is 0. The standard InChI is InChI=1S/C15H17BrCl2O4/c1-2-3-6-20-14(19)13-8-21-15(9-16,22-13)11-5-4-10(17)7-12(11)18/h4-5,7,13H,2-3,6,8-9H2,1H3/t13-,15+/m0/s1. The van der Waals surface area contributed by atoms with Gasteiger partial charge in [-0.2, -0.15) is 0 Å². The van der Waals surface area contributed by atoms with E-state index in [-0.39, 0.29) is 6.61 Å². The fourth-order valence-corrected chi connectivity index (χ4v) is 3.26. The molecule has 2 rings (SSSR count). The summed E-state index contributed by atoms with van der Waals surface area (Å²) in [5.41, 5.74) is 0.624. The number of halogens is 3. The number of esters is 1. The summed E-state index contributed by atoms with van der Waals surface area (Å²) < 4.78 is 16.7. The summed E-state index contributed by atoms with van der Waals surface area (Å²) in [5, 5.41) is 1.28.